The number of rotatable bonds is 6. The zero-order valence-electron chi connectivity index (χ0n) is 17.6. The lowest BCUT2D eigenvalue weighted by Gasteiger charge is -2.17. The van der Waals surface area contributed by atoms with E-state index in [2.05, 4.69) is 23.7 Å². The van der Waals surface area contributed by atoms with Crippen LogP contribution < -0.4 is 0 Å². The first-order chi connectivity index (χ1) is 15.7. The molecule has 0 aliphatic carbocycles. The first-order valence-electron chi connectivity index (χ1n) is 10.6. The van der Waals surface area contributed by atoms with E-state index in [9.17, 15) is 10.2 Å². The molecule has 6 atom stereocenters. The lowest BCUT2D eigenvalue weighted by molar-refractivity contribution is -0.0318. The van der Waals surface area contributed by atoms with Gasteiger partial charge in [0.2, 0.25) is 0 Å². The molecule has 2 N–H and O–H groups in total. The molecular formula is C26H26O6. The van der Waals surface area contributed by atoms with Crippen molar-refractivity contribution in [3.8, 4) is 23.7 Å². The number of aliphatic hydroxyl groups is 2. The van der Waals surface area contributed by atoms with Crippen LogP contribution in [0.15, 0.2) is 60.7 Å². The highest BCUT2D eigenvalue weighted by Gasteiger charge is 2.37. The second kappa shape index (κ2) is 11.3. The van der Waals surface area contributed by atoms with Crippen LogP contribution in [0.25, 0.3) is 0 Å². The molecular weight excluding hydrogens is 408 g/mol. The van der Waals surface area contributed by atoms with Crippen molar-refractivity contribution in [1.29, 1.82) is 0 Å². The van der Waals surface area contributed by atoms with Gasteiger partial charge in [-0.05, 0) is 23.0 Å². The molecule has 32 heavy (non-hydrogen) atoms. The highest BCUT2D eigenvalue weighted by atomic mass is 16.6. The number of hydrogen-bond acceptors (Lipinski definition) is 6. The van der Waals surface area contributed by atoms with Crippen LogP contribution in [-0.4, -0.2) is 60.1 Å². The number of benzene rings is 2. The summed E-state index contributed by atoms with van der Waals surface area (Å²) < 4.78 is 22.8. The van der Waals surface area contributed by atoms with Crippen molar-refractivity contribution in [2.24, 2.45) is 0 Å². The predicted molar refractivity (Wildman–Crippen MR) is 117 cm³/mol. The summed E-state index contributed by atoms with van der Waals surface area (Å²) in [7, 11) is 0. The van der Waals surface area contributed by atoms with Crippen LogP contribution in [0.2, 0.25) is 0 Å². The molecule has 0 unspecified atom stereocenters. The van der Waals surface area contributed by atoms with Gasteiger partial charge in [-0.1, -0.05) is 72.5 Å². The lowest BCUT2D eigenvalue weighted by atomic mass is 10.1. The van der Waals surface area contributed by atoms with Crippen molar-refractivity contribution in [2.45, 2.75) is 49.8 Å². The molecule has 0 radical (unpaired) electrons. The van der Waals surface area contributed by atoms with Crippen molar-refractivity contribution in [2.75, 3.05) is 13.2 Å². The maximum Gasteiger partial charge on any atom is 0.148 e. The normalized spacial score (nSPS) is 29.1. The van der Waals surface area contributed by atoms with Crippen LogP contribution in [0, 0.1) is 23.7 Å². The van der Waals surface area contributed by atoms with E-state index in [0.29, 0.717) is 13.2 Å². The molecule has 2 fully saturated rings. The van der Waals surface area contributed by atoms with Gasteiger partial charge in [-0.15, -0.1) is 0 Å². The molecule has 0 spiro atoms. The topological polar surface area (TPSA) is 77.4 Å². The third kappa shape index (κ3) is 5.97. The molecule has 4 rings (SSSR count). The Balaban J connectivity index is 1.32. The van der Waals surface area contributed by atoms with Gasteiger partial charge in [-0.2, -0.15) is 0 Å². The van der Waals surface area contributed by atoms with E-state index in [1.807, 2.05) is 60.7 Å². The molecule has 6 nitrogen and oxygen atoms in total. The molecule has 2 aliphatic heterocycles. The molecule has 0 saturated carbocycles. The molecule has 2 aliphatic rings. The van der Waals surface area contributed by atoms with Crippen LogP contribution in [0.1, 0.15) is 11.1 Å². The lowest BCUT2D eigenvalue weighted by Crippen LogP contribution is -2.32. The van der Waals surface area contributed by atoms with Crippen LogP contribution in [0.4, 0.5) is 0 Å². The molecule has 6 heteroatoms. The maximum atomic E-state index is 10.2. The van der Waals surface area contributed by atoms with E-state index < -0.39 is 36.6 Å². The average molecular weight is 434 g/mol. The van der Waals surface area contributed by atoms with Gasteiger partial charge in [0, 0.05) is 0 Å². The van der Waals surface area contributed by atoms with Gasteiger partial charge >= 0.3 is 0 Å². The SMILES string of the molecule is O[C@@H]1CO[C@H](C#CC#C[C@H]2OC[C@@H](O)[C@H]2OCc2ccccc2)[C@@H]1OCc1ccccc1. The third-order valence-corrected chi connectivity index (χ3v) is 5.31. The molecule has 0 amide bonds. The van der Waals surface area contributed by atoms with Gasteiger partial charge in [0.25, 0.3) is 0 Å². The van der Waals surface area contributed by atoms with Gasteiger partial charge in [0.1, 0.15) is 36.6 Å². The summed E-state index contributed by atoms with van der Waals surface area (Å²) in [5.41, 5.74) is 2.02. The van der Waals surface area contributed by atoms with Crippen LogP contribution in [0.3, 0.4) is 0 Å². The first kappa shape index (κ1) is 22.5. The Hall–Kier alpha value is -2.68. The predicted octanol–water partition coefficient (Wildman–Crippen LogP) is 1.68. The minimum atomic E-state index is -0.741. The van der Waals surface area contributed by atoms with E-state index in [1.54, 1.807) is 0 Å². The molecule has 2 aromatic rings. The van der Waals surface area contributed by atoms with E-state index in [4.69, 9.17) is 18.9 Å². The summed E-state index contributed by atoms with van der Waals surface area (Å²) in [5.74, 6) is 11.4. The van der Waals surface area contributed by atoms with Crippen molar-refractivity contribution >= 4 is 0 Å². The number of hydrogen-bond donors (Lipinski definition) is 2. The van der Waals surface area contributed by atoms with Gasteiger partial charge in [-0.3, -0.25) is 0 Å². The Labute approximate surface area is 188 Å². The molecule has 2 saturated heterocycles. The molecule has 0 bridgehead atoms. The van der Waals surface area contributed by atoms with Crippen LogP contribution in [0.5, 0.6) is 0 Å². The fourth-order valence-corrected chi connectivity index (χ4v) is 3.58. The molecule has 0 aromatic heterocycles. The monoisotopic (exact) mass is 434 g/mol. The second-order valence-electron chi connectivity index (χ2n) is 7.70. The fraction of sp³-hybridized carbons (Fsp3) is 0.385. The van der Waals surface area contributed by atoms with Crippen molar-refractivity contribution < 1.29 is 29.2 Å². The zero-order chi connectivity index (χ0) is 22.2. The average Bonchev–Trinajstić information content (AvgIpc) is 3.36. The largest absolute Gasteiger partial charge is 0.388 e. The Kier molecular flexibility index (Phi) is 7.92. The highest BCUT2D eigenvalue weighted by Crippen LogP contribution is 2.20. The molecule has 166 valence electrons. The van der Waals surface area contributed by atoms with Gasteiger partial charge in [0.05, 0.1) is 26.4 Å². The molecule has 2 heterocycles. The van der Waals surface area contributed by atoms with E-state index in [0.717, 1.165) is 11.1 Å². The third-order valence-electron chi connectivity index (χ3n) is 5.31. The van der Waals surface area contributed by atoms with Crippen molar-refractivity contribution in [1.82, 2.24) is 0 Å². The van der Waals surface area contributed by atoms with Crippen molar-refractivity contribution in [3.05, 3.63) is 71.8 Å². The van der Waals surface area contributed by atoms with Gasteiger partial charge in [0.15, 0.2) is 0 Å². The molecule has 2 aromatic carbocycles. The number of ether oxygens (including phenoxy) is 4. The van der Waals surface area contributed by atoms with Crippen LogP contribution in [-0.2, 0) is 32.2 Å². The van der Waals surface area contributed by atoms with E-state index >= 15 is 0 Å². The highest BCUT2D eigenvalue weighted by molar-refractivity contribution is 5.31. The van der Waals surface area contributed by atoms with E-state index in [-0.39, 0.29) is 13.2 Å². The van der Waals surface area contributed by atoms with Crippen molar-refractivity contribution in [3.63, 3.8) is 0 Å². The second-order valence-corrected chi connectivity index (χ2v) is 7.70. The summed E-state index contributed by atoms with van der Waals surface area (Å²) in [4.78, 5) is 0. The summed E-state index contributed by atoms with van der Waals surface area (Å²) in [6, 6.07) is 19.5. The quantitative estimate of drug-likeness (QED) is 0.674. The summed E-state index contributed by atoms with van der Waals surface area (Å²) in [6.45, 7) is 1.06. The van der Waals surface area contributed by atoms with Gasteiger partial charge in [-0.25, -0.2) is 0 Å². The Morgan fingerprint density at radius 3 is 1.50 bits per heavy atom. The maximum absolute atomic E-state index is 10.2. The fourth-order valence-electron chi connectivity index (χ4n) is 3.58. The minimum absolute atomic E-state index is 0.166. The van der Waals surface area contributed by atoms with E-state index in [1.165, 1.54) is 0 Å². The number of aliphatic hydroxyl groups excluding tert-OH is 2. The Bertz CT molecular complexity index is 890. The van der Waals surface area contributed by atoms with Crippen LogP contribution >= 0.6 is 0 Å². The minimum Gasteiger partial charge on any atom is -0.388 e. The summed E-state index contributed by atoms with van der Waals surface area (Å²) >= 11 is 0. The zero-order valence-corrected chi connectivity index (χ0v) is 17.6. The summed E-state index contributed by atoms with van der Waals surface area (Å²) in [6.07, 6.45) is -3.71. The van der Waals surface area contributed by atoms with Gasteiger partial charge < -0.3 is 29.2 Å². The Morgan fingerprint density at radius 1 is 0.688 bits per heavy atom. The first-order valence-corrected chi connectivity index (χ1v) is 10.6. The standard InChI is InChI=1S/C26H26O6/c27-21-17-29-23(25(21)31-15-19-9-3-1-4-10-19)13-7-8-14-24-26(22(28)18-30-24)32-16-20-11-5-2-6-12-20/h1-6,9-12,21-28H,15-18H2/t21-,22-,23-,24-,25-,26-/m1/s1. The Morgan fingerprint density at radius 2 is 1.09 bits per heavy atom. The summed E-state index contributed by atoms with van der Waals surface area (Å²) in [5, 5.41) is 20.3. The smallest absolute Gasteiger partial charge is 0.148 e.